The quantitative estimate of drug-likeness (QED) is 0.763. The Kier molecular flexibility index (Phi) is 5.66. The predicted octanol–water partition coefficient (Wildman–Crippen LogP) is 4.93. The van der Waals surface area contributed by atoms with E-state index >= 15 is 0 Å². The SMILES string of the molecule is CC1=CC[CH]C(NC(=O)C2(CCC(C)C)CCCCC2)=C1. The Bertz CT molecular complexity index is 425. The number of carbonyl (C=O) groups excluding carboxylic acids is 1. The van der Waals surface area contributed by atoms with Gasteiger partial charge in [-0.05, 0) is 51.0 Å². The summed E-state index contributed by atoms with van der Waals surface area (Å²) in [5, 5.41) is 3.21. The topological polar surface area (TPSA) is 29.1 Å². The van der Waals surface area contributed by atoms with Gasteiger partial charge in [-0.3, -0.25) is 4.79 Å². The summed E-state index contributed by atoms with van der Waals surface area (Å²) in [6, 6.07) is 0. The average Bonchev–Trinajstić information content (AvgIpc) is 2.46. The van der Waals surface area contributed by atoms with Crippen LogP contribution in [0, 0.1) is 17.8 Å². The van der Waals surface area contributed by atoms with Gasteiger partial charge in [0.2, 0.25) is 5.91 Å². The van der Waals surface area contributed by atoms with Crippen LogP contribution in [-0.2, 0) is 4.79 Å². The molecule has 0 aromatic carbocycles. The summed E-state index contributed by atoms with van der Waals surface area (Å²) in [5.41, 5.74) is 2.12. The third-order valence-electron chi connectivity index (χ3n) is 4.91. The monoisotopic (exact) mass is 288 g/mol. The van der Waals surface area contributed by atoms with Crippen molar-refractivity contribution < 1.29 is 4.79 Å². The molecular weight excluding hydrogens is 258 g/mol. The lowest BCUT2D eigenvalue weighted by atomic mass is 9.69. The van der Waals surface area contributed by atoms with E-state index in [0.717, 1.165) is 37.8 Å². The first-order valence-corrected chi connectivity index (χ1v) is 8.55. The number of rotatable bonds is 5. The summed E-state index contributed by atoms with van der Waals surface area (Å²) in [6.07, 6.45) is 15.3. The molecule has 1 fully saturated rings. The molecule has 0 heterocycles. The first kappa shape index (κ1) is 16.3. The highest BCUT2D eigenvalue weighted by Crippen LogP contribution is 2.41. The van der Waals surface area contributed by atoms with Crippen molar-refractivity contribution in [3.05, 3.63) is 29.8 Å². The second-order valence-electron chi connectivity index (χ2n) is 7.22. The molecule has 1 N–H and O–H groups in total. The third kappa shape index (κ3) is 4.46. The zero-order valence-corrected chi connectivity index (χ0v) is 13.9. The van der Waals surface area contributed by atoms with E-state index in [9.17, 15) is 4.79 Å². The van der Waals surface area contributed by atoms with Gasteiger partial charge >= 0.3 is 0 Å². The molecule has 2 heteroatoms. The Labute approximate surface area is 130 Å². The van der Waals surface area contributed by atoms with E-state index in [1.807, 2.05) is 0 Å². The Morgan fingerprint density at radius 1 is 1.29 bits per heavy atom. The van der Waals surface area contributed by atoms with E-state index in [1.165, 1.54) is 24.8 Å². The summed E-state index contributed by atoms with van der Waals surface area (Å²) >= 11 is 0. The van der Waals surface area contributed by atoms with Crippen molar-refractivity contribution in [2.24, 2.45) is 11.3 Å². The van der Waals surface area contributed by atoms with Crippen molar-refractivity contribution in [2.75, 3.05) is 0 Å². The van der Waals surface area contributed by atoms with E-state index in [4.69, 9.17) is 0 Å². The van der Waals surface area contributed by atoms with Crippen LogP contribution >= 0.6 is 0 Å². The molecule has 0 unspecified atom stereocenters. The molecule has 0 aromatic rings. The molecular formula is C19H30NO. The molecule has 21 heavy (non-hydrogen) atoms. The highest BCUT2D eigenvalue weighted by molar-refractivity contribution is 5.84. The van der Waals surface area contributed by atoms with Gasteiger partial charge in [0, 0.05) is 17.5 Å². The van der Waals surface area contributed by atoms with Crippen molar-refractivity contribution in [3.8, 4) is 0 Å². The van der Waals surface area contributed by atoms with Crippen LogP contribution in [-0.4, -0.2) is 5.91 Å². The van der Waals surface area contributed by atoms with Gasteiger partial charge in [-0.2, -0.15) is 0 Å². The van der Waals surface area contributed by atoms with Crippen LogP contribution in [0.25, 0.3) is 0 Å². The summed E-state index contributed by atoms with van der Waals surface area (Å²) in [6.45, 7) is 6.59. The van der Waals surface area contributed by atoms with E-state index < -0.39 is 0 Å². The minimum absolute atomic E-state index is 0.119. The maximum atomic E-state index is 12.9. The highest BCUT2D eigenvalue weighted by Gasteiger charge is 2.39. The standard InChI is InChI=1S/C19H30NO/c1-15(2)10-13-19(11-5-4-6-12-19)18(21)20-17-9-7-8-16(3)14-17/h8-9,14-15H,4-7,10-13H2,1-3H3,(H,20,21). The van der Waals surface area contributed by atoms with E-state index in [1.54, 1.807) is 0 Å². The van der Waals surface area contributed by atoms with Crippen molar-refractivity contribution in [1.29, 1.82) is 0 Å². The zero-order valence-electron chi connectivity index (χ0n) is 13.9. The van der Waals surface area contributed by atoms with Gasteiger partial charge in [0.05, 0.1) is 0 Å². The van der Waals surface area contributed by atoms with Crippen LogP contribution in [0.3, 0.4) is 0 Å². The number of carbonyl (C=O) groups is 1. The molecule has 117 valence electrons. The van der Waals surface area contributed by atoms with Crippen molar-refractivity contribution >= 4 is 5.91 Å². The van der Waals surface area contributed by atoms with Crippen LogP contribution < -0.4 is 5.32 Å². The molecule has 0 atom stereocenters. The van der Waals surface area contributed by atoms with E-state index in [-0.39, 0.29) is 11.3 Å². The average molecular weight is 288 g/mol. The molecule has 2 aliphatic carbocycles. The second-order valence-corrected chi connectivity index (χ2v) is 7.22. The molecule has 0 aromatic heterocycles. The highest BCUT2D eigenvalue weighted by atomic mass is 16.2. The molecule has 0 spiro atoms. The van der Waals surface area contributed by atoms with Gasteiger partial charge < -0.3 is 5.32 Å². The van der Waals surface area contributed by atoms with Crippen molar-refractivity contribution in [2.45, 2.75) is 72.1 Å². The minimum atomic E-state index is -0.119. The fourth-order valence-corrected chi connectivity index (χ4v) is 3.47. The Balaban J connectivity index is 2.05. The minimum Gasteiger partial charge on any atom is -0.329 e. The number of allylic oxidation sites excluding steroid dienone is 4. The van der Waals surface area contributed by atoms with Crippen LogP contribution in [0.5, 0.6) is 0 Å². The Hall–Kier alpha value is -1.05. The molecule has 0 bridgehead atoms. The summed E-state index contributed by atoms with van der Waals surface area (Å²) in [5.74, 6) is 0.933. The lowest BCUT2D eigenvalue weighted by molar-refractivity contribution is -0.132. The molecule has 1 radical (unpaired) electrons. The maximum absolute atomic E-state index is 12.9. The van der Waals surface area contributed by atoms with E-state index in [0.29, 0.717) is 5.92 Å². The first-order valence-electron chi connectivity index (χ1n) is 8.55. The summed E-state index contributed by atoms with van der Waals surface area (Å²) in [7, 11) is 0. The molecule has 1 amide bonds. The number of hydrogen-bond donors (Lipinski definition) is 1. The van der Waals surface area contributed by atoms with Crippen LogP contribution in [0.2, 0.25) is 0 Å². The van der Waals surface area contributed by atoms with Gasteiger partial charge in [-0.25, -0.2) is 0 Å². The number of nitrogens with one attached hydrogen (secondary N) is 1. The zero-order chi connectivity index (χ0) is 15.3. The van der Waals surface area contributed by atoms with Gasteiger partial charge in [-0.15, -0.1) is 0 Å². The lowest BCUT2D eigenvalue weighted by Gasteiger charge is -2.37. The Morgan fingerprint density at radius 2 is 2.00 bits per heavy atom. The predicted molar refractivity (Wildman–Crippen MR) is 88.5 cm³/mol. The van der Waals surface area contributed by atoms with Gasteiger partial charge in [0.1, 0.15) is 0 Å². The van der Waals surface area contributed by atoms with Gasteiger partial charge in [-0.1, -0.05) is 44.8 Å². The summed E-state index contributed by atoms with van der Waals surface area (Å²) < 4.78 is 0. The fourth-order valence-electron chi connectivity index (χ4n) is 3.47. The number of hydrogen-bond acceptors (Lipinski definition) is 1. The molecule has 0 aliphatic heterocycles. The number of amides is 1. The normalized spacial score (nSPS) is 21.7. The van der Waals surface area contributed by atoms with Crippen molar-refractivity contribution in [3.63, 3.8) is 0 Å². The van der Waals surface area contributed by atoms with Gasteiger partial charge in [0.15, 0.2) is 0 Å². The lowest BCUT2D eigenvalue weighted by Crippen LogP contribution is -2.42. The Morgan fingerprint density at radius 3 is 2.62 bits per heavy atom. The van der Waals surface area contributed by atoms with Crippen LogP contribution in [0.15, 0.2) is 23.4 Å². The third-order valence-corrected chi connectivity index (χ3v) is 4.91. The van der Waals surface area contributed by atoms with Crippen molar-refractivity contribution in [1.82, 2.24) is 5.32 Å². The maximum Gasteiger partial charge on any atom is 0.230 e. The second kappa shape index (κ2) is 7.29. The fraction of sp³-hybridized carbons (Fsp3) is 0.684. The first-order chi connectivity index (χ1) is 10.0. The van der Waals surface area contributed by atoms with Gasteiger partial charge in [0.25, 0.3) is 0 Å². The smallest absolute Gasteiger partial charge is 0.230 e. The van der Waals surface area contributed by atoms with Crippen LogP contribution in [0.4, 0.5) is 0 Å². The van der Waals surface area contributed by atoms with E-state index in [2.05, 4.69) is 44.7 Å². The molecule has 2 aliphatic rings. The molecule has 2 nitrogen and oxygen atoms in total. The summed E-state index contributed by atoms with van der Waals surface area (Å²) in [4.78, 5) is 12.9. The van der Waals surface area contributed by atoms with Crippen LogP contribution in [0.1, 0.15) is 72.1 Å². The molecule has 2 rings (SSSR count). The molecule has 1 saturated carbocycles. The molecule has 0 saturated heterocycles. The largest absolute Gasteiger partial charge is 0.329 e.